The molecule has 0 aromatic rings. The molecule has 2 unspecified atom stereocenters. The van der Waals surface area contributed by atoms with E-state index in [9.17, 15) is 0 Å². The van der Waals surface area contributed by atoms with Crippen molar-refractivity contribution in [2.75, 3.05) is 32.8 Å². The Labute approximate surface area is 111 Å². The van der Waals surface area contributed by atoms with Gasteiger partial charge in [-0.25, -0.2) is 0 Å². The van der Waals surface area contributed by atoms with Gasteiger partial charge in [0.2, 0.25) is 0 Å². The average Bonchev–Trinajstić information content (AvgIpc) is 2.74. The van der Waals surface area contributed by atoms with Gasteiger partial charge < -0.3 is 10.1 Å². The number of rotatable bonds is 3. The lowest BCUT2D eigenvalue weighted by atomic mass is 9.98. The number of nitrogens with zero attached hydrogens (tertiary/aromatic N) is 1. The highest BCUT2D eigenvalue weighted by Gasteiger charge is 2.31. The Balaban J connectivity index is 1.64. The lowest BCUT2D eigenvalue weighted by Crippen LogP contribution is -2.49. The van der Waals surface area contributed by atoms with Crippen LogP contribution in [0.3, 0.4) is 0 Å². The molecule has 0 saturated carbocycles. The third kappa shape index (κ3) is 4.28. The average molecular weight is 250 g/mol. The Bertz CT molecular complexity index is 324. The Kier molecular flexibility index (Phi) is 4.66. The molecular weight excluding hydrogens is 224 g/mol. The van der Waals surface area contributed by atoms with Gasteiger partial charge in [-0.2, -0.15) is 0 Å². The van der Waals surface area contributed by atoms with E-state index in [2.05, 4.69) is 42.8 Å². The maximum absolute atomic E-state index is 5.89. The van der Waals surface area contributed by atoms with E-state index in [1.54, 1.807) is 0 Å². The number of ether oxygens (including phenoxy) is 1. The Morgan fingerprint density at radius 3 is 3.00 bits per heavy atom. The molecule has 0 aromatic carbocycles. The van der Waals surface area contributed by atoms with Crippen LogP contribution in [0.15, 0.2) is 0 Å². The first-order chi connectivity index (χ1) is 8.54. The SMILES string of the molecule is CC(C)(C)C#CCNCC1CN2CCCC2CO1. The molecule has 0 aliphatic carbocycles. The van der Waals surface area contributed by atoms with Crippen molar-refractivity contribution < 1.29 is 4.74 Å². The van der Waals surface area contributed by atoms with E-state index in [-0.39, 0.29) is 5.41 Å². The number of fused-ring (bicyclic) bond motifs is 1. The van der Waals surface area contributed by atoms with Crippen molar-refractivity contribution in [1.29, 1.82) is 0 Å². The van der Waals surface area contributed by atoms with Crippen LogP contribution < -0.4 is 5.32 Å². The summed E-state index contributed by atoms with van der Waals surface area (Å²) < 4.78 is 5.89. The van der Waals surface area contributed by atoms with Crippen LogP contribution >= 0.6 is 0 Å². The van der Waals surface area contributed by atoms with Crippen LogP contribution in [-0.2, 0) is 4.74 Å². The largest absolute Gasteiger partial charge is 0.374 e. The highest BCUT2D eigenvalue weighted by molar-refractivity contribution is 5.08. The fraction of sp³-hybridized carbons (Fsp3) is 0.867. The first-order valence-corrected chi connectivity index (χ1v) is 7.11. The monoisotopic (exact) mass is 250 g/mol. The maximum atomic E-state index is 5.89. The molecule has 2 fully saturated rings. The summed E-state index contributed by atoms with van der Waals surface area (Å²) in [5.74, 6) is 6.41. The zero-order valence-electron chi connectivity index (χ0n) is 12.0. The van der Waals surface area contributed by atoms with Gasteiger partial charge in [0, 0.05) is 24.5 Å². The molecule has 2 rings (SSSR count). The summed E-state index contributed by atoms with van der Waals surface area (Å²) >= 11 is 0. The molecular formula is C15H26N2O. The normalized spacial score (nSPS) is 28.6. The van der Waals surface area contributed by atoms with Gasteiger partial charge in [0.05, 0.1) is 19.3 Å². The van der Waals surface area contributed by atoms with Crippen molar-refractivity contribution in [2.24, 2.45) is 5.41 Å². The molecule has 0 bridgehead atoms. The zero-order valence-corrected chi connectivity index (χ0v) is 12.0. The van der Waals surface area contributed by atoms with Gasteiger partial charge in [-0.1, -0.05) is 11.8 Å². The Morgan fingerprint density at radius 2 is 2.22 bits per heavy atom. The summed E-state index contributed by atoms with van der Waals surface area (Å²) in [6.45, 7) is 11.4. The molecule has 2 saturated heterocycles. The lowest BCUT2D eigenvalue weighted by molar-refractivity contribution is -0.0465. The quantitative estimate of drug-likeness (QED) is 0.607. The van der Waals surface area contributed by atoms with E-state index in [1.165, 1.54) is 19.4 Å². The van der Waals surface area contributed by atoms with E-state index in [0.717, 1.165) is 26.2 Å². The fourth-order valence-corrected chi connectivity index (χ4v) is 2.61. The van der Waals surface area contributed by atoms with Crippen LogP contribution in [0.1, 0.15) is 33.6 Å². The summed E-state index contributed by atoms with van der Waals surface area (Å²) in [7, 11) is 0. The van der Waals surface area contributed by atoms with Crippen LogP contribution in [-0.4, -0.2) is 49.8 Å². The van der Waals surface area contributed by atoms with Crippen molar-refractivity contribution in [3.8, 4) is 11.8 Å². The van der Waals surface area contributed by atoms with Gasteiger partial charge in [-0.3, -0.25) is 4.90 Å². The molecule has 18 heavy (non-hydrogen) atoms. The second-order valence-corrected chi connectivity index (χ2v) is 6.43. The van der Waals surface area contributed by atoms with E-state index >= 15 is 0 Å². The Morgan fingerprint density at radius 1 is 1.39 bits per heavy atom. The first-order valence-electron chi connectivity index (χ1n) is 7.11. The lowest BCUT2D eigenvalue weighted by Gasteiger charge is -2.35. The maximum Gasteiger partial charge on any atom is 0.0827 e. The number of nitrogens with one attached hydrogen (secondary N) is 1. The predicted octanol–water partition coefficient (Wildman–Crippen LogP) is 1.49. The summed E-state index contributed by atoms with van der Waals surface area (Å²) in [5.41, 5.74) is 0.103. The third-order valence-corrected chi connectivity index (χ3v) is 3.51. The van der Waals surface area contributed by atoms with Crippen molar-refractivity contribution in [3.05, 3.63) is 0 Å². The van der Waals surface area contributed by atoms with Crippen LogP contribution in [0.2, 0.25) is 0 Å². The number of morpholine rings is 1. The minimum absolute atomic E-state index is 0.103. The third-order valence-electron chi connectivity index (χ3n) is 3.51. The molecule has 0 radical (unpaired) electrons. The van der Waals surface area contributed by atoms with Crippen LogP contribution in [0, 0.1) is 17.3 Å². The first kappa shape index (κ1) is 13.9. The van der Waals surface area contributed by atoms with Gasteiger partial charge in [-0.05, 0) is 40.2 Å². The van der Waals surface area contributed by atoms with E-state index in [1.807, 2.05) is 0 Å². The van der Waals surface area contributed by atoms with Crippen molar-refractivity contribution in [3.63, 3.8) is 0 Å². The molecule has 2 atom stereocenters. The molecule has 1 N–H and O–H groups in total. The summed E-state index contributed by atoms with van der Waals surface area (Å²) in [6.07, 6.45) is 3.00. The smallest absolute Gasteiger partial charge is 0.0827 e. The molecule has 3 nitrogen and oxygen atoms in total. The van der Waals surface area contributed by atoms with Gasteiger partial charge in [0.25, 0.3) is 0 Å². The van der Waals surface area contributed by atoms with Crippen LogP contribution in [0.25, 0.3) is 0 Å². The highest BCUT2D eigenvalue weighted by atomic mass is 16.5. The summed E-state index contributed by atoms with van der Waals surface area (Å²) in [5, 5.41) is 3.38. The van der Waals surface area contributed by atoms with Gasteiger partial charge in [-0.15, -0.1) is 0 Å². The van der Waals surface area contributed by atoms with Crippen LogP contribution in [0.5, 0.6) is 0 Å². The molecule has 2 heterocycles. The van der Waals surface area contributed by atoms with Crippen molar-refractivity contribution >= 4 is 0 Å². The van der Waals surface area contributed by atoms with Gasteiger partial charge in [0.15, 0.2) is 0 Å². The Hall–Kier alpha value is -0.560. The summed E-state index contributed by atoms with van der Waals surface area (Å²) in [6, 6.07) is 0.696. The second kappa shape index (κ2) is 6.06. The minimum Gasteiger partial charge on any atom is -0.374 e. The molecule has 0 aromatic heterocycles. The molecule has 3 heteroatoms. The minimum atomic E-state index is 0.103. The highest BCUT2D eigenvalue weighted by Crippen LogP contribution is 2.22. The number of hydrogen-bond acceptors (Lipinski definition) is 3. The number of hydrogen-bond donors (Lipinski definition) is 1. The van der Waals surface area contributed by atoms with E-state index in [4.69, 9.17) is 4.74 Å². The van der Waals surface area contributed by atoms with Crippen LogP contribution in [0.4, 0.5) is 0 Å². The zero-order chi connectivity index (χ0) is 13.0. The molecule has 0 spiro atoms. The van der Waals surface area contributed by atoms with Crippen molar-refractivity contribution in [1.82, 2.24) is 10.2 Å². The van der Waals surface area contributed by atoms with Crippen molar-refractivity contribution in [2.45, 2.75) is 45.8 Å². The van der Waals surface area contributed by atoms with E-state index in [0.29, 0.717) is 12.1 Å². The standard InChI is InChI=1S/C15H26N2O/c1-15(2,3)7-5-8-16-10-14-11-17-9-4-6-13(17)12-18-14/h13-14,16H,4,6,8-12H2,1-3H3. The molecule has 102 valence electrons. The van der Waals surface area contributed by atoms with Gasteiger partial charge in [0.1, 0.15) is 0 Å². The van der Waals surface area contributed by atoms with Gasteiger partial charge >= 0.3 is 0 Å². The topological polar surface area (TPSA) is 24.5 Å². The molecule has 2 aliphatic rings. The second-order valence-electron chi connectivity index (χ2n) is 6.43. The fourth-order valence-electron chi connectivity index (χ4n) is 2.61. The molecule has 0 amide bonds. The van der Waals surface area contributed by atoms with E-state index < -0.39 is 0 Å². The predicted molar refractivity (Wildman–Crippen MR) is 74.4 cm³/mol. The molecule has 2 aliphatic heterocycles. The summed E-state index contributed by atoms with van der Waals surface area (Å²) in [4.78, 5) is 2.58.